The Bertz CT molecular complexity index is 872. The molecule has 2 nitrogen and oxygen atoms in total. The van der Waals surface area contributed by atoms with Gasteiger partial charge in [-0.15, -0.1) is 0 Å². The minimum atomic E-state index is -0.0150. The standard InChI is InChI=1S/C19H16ClNO/c1-12(11-18(22)14-7-9-15(20)10-8-14)19-13(2)21-17-6-4-3-5-16(17)19/h3-11,21H,1-2H3/b12-11+. The molecule has 22 heavy (non-hydrogen) atoms. The number of halogens is 1. The van der Waals surface area contributed by atoms with Crippen LogP contribution in [0.25, 0.3) is 16.5 Å². The summed E-state index contributed by atoms with van der Waals surface area (Å²) in [4.78, 5) is 15.7. The van der Waals surface area contributed by atoms with Crippen LogP contribution in [0, 0.1) is 6.92 Å². The van der Waals surface area contributed by atoms with Crippen LogP contribution < -0.4 is 0 Å². The van der Waals surface area contributed by atoms with E-state index in [-0.39, 0.29) is 5.78 Å². The van der Waals surface area contributed by atoms with Gasteiger partial charge in [0, 0.05) is 32.7 Å². The Morgan fingerprint density at radius 1 is 1.09 bits per heavy atom. The lowest BCUT2D eigenvalue weighted by Crippen LogP contribution is -1.95. The first-order chi connectivity index (χ1) is 10.6. The van der Waals surface area contributed by atoms with Crippen LogP contribution in [0.5, 0.6) is 0 Å². The summed E-state index contributed by atoms with van der Waals surface area (Å²) in [7, 11) is 0. The van der Waals surface area contributed by atoms with Gasteiger partial charge in [-0.2, -0.15) is 0 Å². The average Bonchev–Trinajstić information content (AvgIpc) is 2.83. The maximum atomic E-state index is 12.4. The minimum absolute atomic E-state index is 0.0150. The Hall–Kier alpha value is -2.32. The third-order valence-corrected chi connectivity index (χ3v) is 4.02. The van der Waals surface area contributed by atoms with Crippen LogP contribution in [0.3, 0.4) is 0 Å². The highest BCUT2D eigenvalue weighted by Crippen LogP contribution is 2.28. The van der Waals surface area contributed by atoms with Crippen molar-refractivity contribution >= 4 is 33.9 Å². The zero-order valence-corrected chi connectivity index (χ0v) is 13.2. The number of aromatic nitrogens is 1. The lowest BCUT2D eigenvalue weighted by Gasteiger charge is -2.03. The molecule has 0 aliphatic carbocycles. The summed E-state index contributed by atoms with van der Waals surface area (Å²) in [5, 5.41) is 1.77. The van der Waals surface area contributed by atoms with Crippen LogP contribution in [0.2, 0.25) is 5.02 Å². The van der Waals surface area contributed by atoms with Crippen LogP contribution >= 0.6 is 11.6 Å². The minimum Gasteiger partial charge on any atom is -0.358 e. The third-order valence-electron chi connectivity index (χ3n) is 3.76. The van der Waals surface area contributed by atoms with Gasteiger partial charge in [0.05, 0.1) is 0 Å². The number of carbonyl (C=O) groups excluding carboxylic acids is 1. The second kappa shape index (κ2) is 5.82. The fourth-order valence-electron chi connectivity index (χ4n) is 2.75. The van der Waals surface area contributed by atoms with Crippen molar-refractivity contribution in [3.63, 3.8) is 0 Å². The maximum Gasteiger partial charge on any atom is 0.186 e. The second-order valence-electron chi connectivity index (χ2n) is 5.37. The van der Waals surface area contributed by atoms with Gasteiger partial charge >= 0.3 is 0 Å². The van der Waals surface area contributed by atoms with Gasteiger partial charge in [-0.25, -0.2) is 0 Å². The molecular formula is C19H16ClNO. The van der Waals surface area contributed by atoms with Crippen LogP contribution in [-0.2, 0) is 0 Å². The van der Waals surface area contributed by atoms with Crippen LogP contribution in [0.1, 0.15) is 28.5 Å². The van der Waals surface area contributed by atoms with Gasteiger partial charge in [0.2, 0.25) is 0 Å². The molecule has 1 heterocycles. The monoisotopic (exact) mass is 309 g/mol. The van der Waals surface area contributed by atoms with E-state index in [2.05, 4.69) is 11.1 Å². The first-order valence-electron chi connectivity index (χ1n) is 7.12. The molecule has 0 unspecified atom stereocenters. The number of carbonyl (C=O) groups is 1. The number of para-hydroxylation sites is 1. The van der Waals surface area contributed by atoms with Gasteiger partial charge in [0.1, 0.15) is 0 Å². The van der Waals surface area contributed by atoms with Gasteiger partial charge < -0.3 is 4.98 Å². The van der Waals surface area contributed by atoms with E-state index in [9.17, 15) is 4.79 Å². The molecule has 0 spiro atoms. The molecule has 0 bridgehead atoms. The molecule has 3 aromatic rings. The van der Waals surface area contributed by atoms with Crippen molar-refractivity contribution in [3.05, 3.63) is 76.5 Å². The molecule has 0 fully saturated rings. The largest absolute Gasteiger partial charge is 0.358 e. The van der Waals surface area contributed by atoms with Crippen molar-refractivity contribution in [1.82, 2.24) is 4.98 Å². The maximum absolute atomic E-state index is 12.4. The number of hydrogen-bond donors (Lipinski definition) is 1. The highest BCUT2D eigenvalue weighted by molar-refractivity contribution is 6.30. The van der Waals surface area contributed by atoms with Crippen molar-refractivity contribution in [2.24, 2.45) is 0 Å². The van der Waals surface area contributed by atoms with Crippen LogP contribution in [-0.4, -0.2) is 10.8 Å². The van der Waals surface area contributed by atoms with Gasteiger partial charge in [-0.1, -0.05) is 29.8 Å². The number of nitrogens with one attached hydrogen (secondary N) is 1. The number of hydrogen-bond acceptors (Lipinski definition) is 1. The summed E-state index contributed by atoms with van der Waals surface area (Å²) in [6.45, 7) is 4.00. The first kappa shape index (κ1) is 14.6. The molecule has 0 saturated heterocycles. The van der Waals surface area contributed by atoms with E-state index in [1.165, 1.54) is 0 Å². The molecule has 0 radical (unpaired) electrons. The molecule has 1 N–H and O–H groups in total. The summed E-state index contributed by atoms with van der Waals surface area (Å²) in [6, 6.07) is 15.1. The Morgan fingerprint density at radius 3 is 2.50 bits per heavy atom. The second-order valence-corrected chi connectivity index (χ2v) is 5.81. The normalized spacial score (nSPS) is 11.9. The zero-order chi connectivity index (χ0) is 15.7. The Labute approximate surface area is 134 Å². The van der Waals surface area contributed by atoms with Gasteiger partial charge in [-0.05, 0) is 55.8 Å². The number of benzene rings is 2. The third kappa shape index (κ3) is 2.70. The number of allylic oxidation sites excluding steroid dienone is 2. The molecule has 0 atom stereocenters. The van der Waals surface area contributed by atoms with E-state index in [0.29, 0.717) is 10.6 Å². The SMILES string of the molecule is C/C(=C\C(=O)c1ccc(Cl)cc1)c1c(C)[nH]c2ccccc12. The van der Waals surface area contributed by atoms with Gasteiger partial charge in [-0.3, -0.25) is 4.79 Å². The predicted molar refractivity (Wildman–Crippen MR) is 92.5 cm³/mol. The predicted octanol–water partition coefficient (Wildman–Crippen LogP) is 5.42. The molecular weight excluding hydrogens is 294 g/mol. The number of aromatic amines is 1. The van der Waals surface area contributed by atoms with Gasteiger partial charge in [0.25, 0.3) is 0 Å². The number of fused-ring (bicyclic) bond motifs is 1. The van der Waals surface area contributed by atoms with Crippen molar-refractivity contribution in [2.75, 3.05) is 0 Å². The Balaban J connectivity index is 2.01. The summed E-state index contributed by atoms with van der Waals surface area (Å²) < 4.78 is 0. The van der Waals surface area contributed by atoms with Gasteiger partial charge in [0.15, 0.2) is 5.78 Å². The molecule has 0 aliphatic rings. The molecule has 0 amide bonds. The van der Waals surface area contributed by atoms with Crippen molar-refractivity contribution < 1.29 is 4.79 Å². The lowest BCUT2D eigenvalue weighted by molar-refractivity contribution is 0.104. The molecule has 2 aromatic carbocycles. The fourth-order valence-corrected chi connectivity index (χ4v) is 2.88. The molecule has 0 aliphatic heterocycles. The topological polar surface area (TPSA) is 32.9 Å². The van der Waals surface area contributed by atoms with Crippen molar-refractivity contribution in [1.29, 1.82) is 0 Å². The first-order valence-corrected chi connectivity index (χ1v) is 7.50. The van der Waals surface area contributed by atoms with E-state index in [0.717, 1.165) is 27.7 Å². The van der Waals surface area contributed by atoms with E-state index in [1.54, 1.807) is 30.3 Å². The summed E-state index contributed by atoms with van der Waals surface area (Å²) in [6.07, 6.45) is 1.69. The number of ketones is 1. The molecule has 110 valence electrons. The molecule has 1 aromatic heterocycles. The fraction of sp³-hybridized carbons (Fsp3) is 0.105. The lowest BCUT2D eigenvalue weighted by atomic mass is 10.0. The van der Waals surface area contributed by atoms with Crippen LogP contribution in [0.15, 0.2) is 54.6 Å². The average molecular weight is 310 g/mol. The highest BCUT2D eigenvalue weighted by atomic mass is 35.5. The van der Waals surface area contributed by atoms with Crippen molar-refractivity contribution in [2.45, 2.75) is 13.8 Å². The number of aryl methyl sites for hydroxylation is 1. The summed E-state index contributed by atoms with van der Waals surface area (Å²) >= 11 is 5.86. The van der Waals surface area contributed by atoms with Crippen LogP contribution in [0.4, 0.5) is 0 Å². The summed E-state index contributed by atoms with van der Waals surface area (Å²) in [5.41, 5.74) is 4.84. The summed E-state index contributed by atoms with van der Waals surface area (Å²) in [5.74, 6) is -0.0150. The Kier molecular flexibility index (Phi) is 3.86. The van der Waals surface area contributed by atoms with Crippen molar-refractivity contribution in [3.8, 4) is 0 Å². The number of rotatable bonds is 3. The van der Waals surface area contributed by atoms with E-state index in [4.69, 9.17) is 11.6 Å². The van der Waals surface area contributed by atoms with E-state index >= 15 is 0 Å². The zero-order valence-electron chi connectivity index (χ0n) is 12.5. The quantitative estimate of drug-likeness (QED) is 0.509. The molecule has 0 saturated carbocycles. The number of H-pyrrole nitrogens is 1. The molecule has 3 rings (SSSR count). The highest BCUT2D eigenvalue weighted by Gasteiger charge is 2.11. The Morgan fingerprint density at radius 2 is 1.77 bits per heavy atom. The smallest absolute Gasteiger partial charge is 0.186 e. The van der Waals surface area contributed by atoms with E-state index < -0.39 is 0 Å². The molecule has 3 heteroatoms. The van der Waals surface area contributed by atoms with E-state index in [1.807, 2.05) is 32.0 Å².